The van der Waals surface area contributed by atoms with Crippen molar-refractivity contribution in [1.29, 1.82) is 0 Å². The van der Waals surface area contributed by atoms with Gasteiger partial charge in [-0.15, -0.1) is 0 Å². The number of anilines is 1. The Balaban J connectivity index is 1.81. The predicted molar refractivity (Wildman–Crippen MR) is 83.8 cm³/mol. The molecule has 3 nitrogen and oxygen atoms in total. The van der Waals surface area contributed by atoms with Crippen LogP contribution in [0.2, 0.25) is 0 Å². The van der Waals surface area contributed by atoms with Crippen LogP contribution >= 0.6 is 0 Å². The first-order chi connectivity index (χ1) is 9.48. The zero-order chi connectivity index (χ0) is 14.6. The molecule has 0 heterocycles. The number of carbonyl (C=O) groups excluding carboxylic acids is 1. The first kappa shape index (κ1) is 15.0. The van der Waals surface area contributed by atoms with Crippen molar-refractivity contribution in [3.8, 4) is 0 Å². The van der Waals surface area contributed by atoms with Crippen LogP contribution in [0.3, 0.4) is 0 Å². The number of aryl methyl sites for hydroxylation is 1. The normalized spacial score (nSPS) is 18.8. The fourth-order valence-corrected chi connectivity index (χ4v) is 2.78. The van der Waals surface area contributed by atoms with E-state index in [1.807, 2.05) is 38.1 Å². The molecule has 110 valence electrons. The summed E-state index contributed by atoms with van der Waals surface area (Å²) in [6.07, 6.45) is 5.18. The van der Waals surface area contributed by atoms with Crippen molar-refractivity contribution in [3.05, 3.63) is 29.8 Å². The van der Waals surface area contributed by atoms with E-state index in [2.05, 4.69) is 17.6 Å². The topological polar surface area (TPSA) is 41.1 Å². The molecule has 0 aliphatic heterocycles. The van der Waals surface area contributed by atoms with Gasteiger partial charge in [0, 0.05) is 12.2 Å². The molecule has 1 saturated carbocycles. The average molecular weight is 274 g/mol. The van der Waals surface area contributed by atoms with Gasteiger partial charge < -0.3 is 10.6 Å². The zero-order valence-electron chi connectivity index (χ0n) is 12.8. The molecule has 1 aliphatic rings. The maximum absolute atomic E-state index is 12.1. The molecular formula is C17H26N2O. The lowest BCUT2D eigenvalue weighted by Crippen LogP contribution is -2.42. The van der Waals surface area contributed by atoms with Crippen molar-refractivity contribution in [2.24, 2.45) is 5.41 Å². The van der Waals surface area contributed by atoms with E-state index in [1.54, 1.807) is 0 Å². The zero-order valence-corrected chi connectivity index (χ0v) is 12.8. The second-order valence-corrected chi connectivity index (χ2v) is 6.48. The van der Waals surface area contributed by atoms with Gasteiger partial charge in [0.25, 0.3) is 0 Å². The van der Waals surface area contributed by atoms with Crippen LogP contribution < -0.4 is 10.6 Å². The van der Waals surface area contributed by atoms with E-state index in [-0.39, 0.29) is 11.9 Å². The molecule has 1 aromatic rings. The van der Waals surface area contributed by atoms with Crippen molar-refractivity contribution in [1.82, 2.24) is 5.32 Å². The molecule has 1 amide bonds. The minimum atomic E-state index is -0.159. The van der Waals surface area contributed by atoms with Crippen molar-refractivity contribution in [2.45, 2.75) is 52.5 Å². The van der Waals surface area contributed by atoms with Gasteiger partial charge in [-0.05, 0) is 44.2 Å². The van der Waals surface area contributed by atoms with E-state index in [4.69, 9.17) is 0 Å². The van der Waals surface area contributed by atoms with E-state index < -0.39 is 0 Å². The summed E-state index contributed by atoms with van der Waals surface area (Å²) in [5.74, 6) is 0.0375. The minimum Gasteiger partial charge on any atom is -0.325 e. The van der Waals surface area contributed by atoms with E-state index in [0.29, 0.717) is 5.41 Å². The third kappa shape index (κ3) is 4.07. The first-order valence-electron chi connectivity index (χ1n) is 7.59. The van der Waals surface area contributed by atoms with Crippen LogP contribution in [0, 0.1) is 12.3 Å². The molecule has 1 aliphatic carbocycles. The number of carbonyl (C=O) groups is 1. The van der Waals surface area contributed by atoms with Crippen LogP contribution in [0.4, 0.5) is 5.69 Å². The second kappa shape index (κ2) is 6.40. The van der Waals surface area contributed by atoms with E-state index in [1.165, 1.54) is 31.2 Å². The number of hydrogen-bond acceptors (Lipinski definition) is 2. The first-order valence-corrected chi connectivity index (χ1v) is 7.59. The van der Waals surface area contributed by atoms with Crippen LogP contribution in [-0.4, -0.2) is 18.5 Å². The predicted octanol–water partition coefficient (Wildman–Crippen LogP) is 3.49. The maximum atomic E-state index is 12.1. The van der Waals surface area contributed by atoms with Crippen LogP contribution in [-0.2, 0) is 4.79 Å². The van der Waals surface area contributed by atoms with Crippen molar-refractivity contribution < 1.29 is 4.79 Å². The van der Waals surface area contributed by atoms with Gasteiger partial charge in [0.1, 0.15) is 0 Å². The van der Waals surface area contributed by atoms with Crippen LogP contribution in [0.15, 0.2) is 24.3 Å². The second-order valence-electron chi connectivity index (χ2n) is 6.48. The number of nitrogens with one attached hydrogen (secondary N) is 2. The molecule has 2 rings (SSSR count). The van der Waals surface area contributed by atoms with Gasteiger partial charge in [-0.1, -0.05) is 37.5 Å². The summed E-state index contributed by atoms with van der Waals surface area (Å²) in [7, 11) is 0. The highest BCUT2D eigenvalue weighted by atomic mass is 16.2. The SMILES string of the molecule is Cc1ccc(NC(=O)C(C)NCC2(C)CCCC2)cc1. The van der Waals surface area contributed by atoms with Crippen molar-refractivity contribution >= 4 is 11.6 Å². The highest BCUT2D eigenvalue weighted by Gasteiger charge is 2.29. The van der Waals surface area contributed by atoms with E-state index in [0.717, 1.165) is 12.2 Å². The van der Waals surface area contributed by atoms with Gasteiger partial charge in [0.2, 0.25) is 5.91 Å². The fourth-order valence-electron chi connectivity index (χ4n) is 2.78. The standard InChI is InChI=1S/C17H26N2O/c1-13-6-8-15(9-7-13)19-16(20)14(2)18-12-17(3)10-4-5-11-17/h6-9,14,18H,4-5,10-12H2,1-3H3,(H,19,20). The highest BCUT2D eigenvalue weighted by molar-refractivity contribution is 5.94. The van der Waals surface area contributed by atoms with Crippen LogP contribution in [0.1, 0.15) is 45.1 Å². The molecule has 1 atom stereocenters. The number of benzene rings is 1. The lowest BCUT2D eigenvalue weighted by Gasteiger charge is -2.26. The summed E-state index contributed by atoms with van der Waals surface area (Å²) in [4.78, 5) is 12.1. The Kier molecular flexibility index (Phi) is 4.81. The molecule has 1 fully saturated rings. The molecule has 1 unspecified atom stereocenters. The number of amides is 1. The fraction of sp³-hybridized carbons (Fsp3) is 0.588. The van der Waals surface area contributed by atoms with Gasteiger partial charge in [-0.2, -0.15) is 0 Å². The third-order valence-corrected chi connectivity index (χ3v) is 4.36. The Bertz CT molecular complexity index is 447. The largest absolute Gasteiger partial charge is 0.325 e. The highest BCUT2D eigenvalue weighted by Crippen LogP contribution is 2.36. The monoisotopic (exact) mass is 274 g/mol. The third-order valence-electron chi connectivity index (χ3n) is 4.36. The number of rotatable bonds is 5. The summed E-state index contributed by atoms with van der Waals surface area (Å²) in [6.45, 7) is 7.22. The minimum absolute atomic E-state index is 0.0375. The van der Waals surface area contributed by atoms with Gasteiger partial charge in [-0.3, -0.25) is 4.79 Å². The smallest absolute Gasteiger partial charge is 0.241 e. The Hall–Kier alpha value is -1.35. The van der Waals surface area contributed by atoms with Crippen LogP contribution in [0.25, 0.3) is 0 Å². The molecule has 2 N–H and O–H groups in total. The lowest BCUT2D eigenvalue weighted by atomic mass is 9.88. The van der Waals surface area contributed by atoms with E-state index >= 15 is 0 Å². The molecule has 3 heteroatoms. The van der Waals surface area contributed by atoms with Gasteiger partial charge in [-0.25, -0.2) is 0 Å². The Morgan fingerprint density at radius 2 is 1.85 bits per heavy atom. The molecule has 0 saturated heterocycles. The lowest BCUT2D eigenvalue weighted by molar-refractivity contribution is -0.117. The van der Waals surface area contributed by atoms with Gasteiger partial charge in [0.05, 0.1) is 6.04 Å². The molecule has 0 radical (unpaired) electrons. The summed E-state index contributed by atoms with van der Waals surface area (Å²) in [5, 5.41) is 6.34. The van der Waals surface area contributed by atoms with Crippen molar-refractivity contribution in [2.75, 3.05) is 11.9 Å². The molecular weight excluding hydrogens is 248 g/mol. The van der Waals surface area contributed by atoms with Gasteiger partial charge >= 0.3 is 0 Å². The number of hydrogen-bond donors (Lipinski definition) is 2. The van der Waals surface area contributed by atoms with Crippen LogP contribution in [0.5, 0.6) is 0 Å². The maximum Gasteiger partial charge on any atom is 0.241 e. The Morgan fingerprint density at radius 1 is 1.25 bits per heavy atom. The summed E-state index contributed by atoms with van der Waals surface area (Å²) < 4.78 is 0. The molecule has 0 aromatic heterocycles. The summed E-state index contributed by atoms with van der Waals surface area (Å²) in [6, 6.07) is 7.74. The molecule has 0 spiro atoms. The van der Waals surface area contributed by atoms with Gasteiger partial charge in [0.15, 0.2) is 0 Å². The Morgan fingerprint density at radius 3 is 2.45 bits per heavy atom. The molecule has 20 heavy (non-hydrogen) atoms. The summed E-state index contributed by atoms with van der Waals surface area (Å²) in [5.41, 5.74) is 2.43. The average Bonchev–Trinajstić information content (AvgIpc) is 2.86. The quantitative estimate of drug-likeness (QED) is 0.863. The summed E-state index contributed by atoms with van der Waals surface area (Å²) >= 11 is 0. The van der Waals surface area contributed by atoms with E-state index in [9.17, 15) is 4.79 Å². The van der Waals surface area contributed by atoms with Crippen molar-refractivity contribution in [3.63, 3.8) is 0 Å². The molecule has 0 bridgehead atoms. The molecule has 1 aromatic carbocycles. The Labute approximate surface area is 122 Å².